The quantitative estimate of drug-likeness (QED) is 0.399. The van der Waals surface area contributed by atoms with E-state index in [-0.39, 0.29) is 11.8 Å². The molecule has 1 N–H and O–H groups in total. The molecule has 0 saturated heterocycles. The molecule has 0 aliphatic heterocycles. The zero-order valence-corrected chi connectivity index (χ0v) is 19.6. The Labute approximate surface area is 203 Å². The number of pyridine rings is 1. The lowest BCUT2D eigenvalue weighted by Gasteiger charge is -2.12. The van der Waals surface area contributed by atoms with Crippen molar-refractivity contribution in [3.05, 3.63) is 78.0 Å². The molecule has 0 unspecified atom stereocenters. The molecule has 4 aromatic rings. The maximum Gasteiger partial charge on any atom is 0.254 e. The van der Waals surface area contributed by atoms with E-state index in [1.165, 1.54) is 0 Å². The van der Waals surface area contributed by atoms with Crippen LogP contribution in [0.15, 0.2) is 61.1 Å². The van der Waals surface area contributed by atoms with Crippen molar-refractivity contribution >= 4 is 5.91 Å². The van der Waals surface area contributed by atoms with Crippen LogP contribution in [0.25, 0.3) is 17.2 Å². The number of hydrogen-bond acceptors (Lipinski definition) is 7. The Hall–Kier alpha value is -4.27. The Bertz CT molecular complexity index is 1330. The fraction of sp³-hybridized carbons (Fsp3) is 0.269. The first-order valence-corrected chi connectivity index (χ1v) is 11.5. The summed E-state index contributed by atoms with van der Waals surface area (Å²) >= 11 is 0. The average Bonchev–Trinajstić information content (AvgIpc) is 3.66. The van der Waals surface area contributed by atoms with Crippen molar-refractivity contribution in [2.45, 2.75) is 25.2 Å². The van der Waals surface area contributed by atoms with E-state index in [0.717, 1.165) is 29.8 Å². The highest BCUT2D eigenvalue weighted by molar-refractivity contribution is 5.95. The van der Waals surface area contributed by atoms with Crippen LogP contribution in [-0.2, 0) is 6.42 Å². The summed E-state index contributed by atoms with van der Waals surface area (Å²) in [7, 11) is 3.23. The summed E-state index contributed by atoms with van der Waals surface area (Å²) in [6, 6.07) is 13.1. The number of carbonyl (C=O) groups excluding carboxylic acids is 1. The molecule has 1 amide bonds. The molecular weight excluding hydrogens is 444 g/mol. The number of aromatic nitrogens is 5. The molecule has 1 aromatic carbocycles. The molecule has 35 heavy (non-hydrogen) atoms. The monoisotopic (exact) mass is 470 g/mol. The van der Waals surface area contributed by atoms with E-state index < -0.39 is 0 Å². The molecule has 0 spiro atoms. The molecule has 0 atom stereocenters. The van der Waals surface area contributed by atoms with E-state index in [4.69, 9.17) is 14.5 Å². The standard InChI is InChI=1S/C26H26N6O3/c1-34-19-8-9-23(35-2)20(15-19)22-11-14-29-26(31-22)32-24(17-6-7-17)21(16-30-32)25(33)28-13-10-18-5-3-4-12-27-18/h3-5,8-9,11-12,14-17H,6-7,10,13H2,1-2H3,(H,28,33). The van der Waals surface area contributed by atoms with Crippen LogP contribution in [0.5, 0.6) is 11.5 Å². The van der Waals surface area contributed by atoms with E-state index in [9.17, 15) is 4.79 Å². The molecule has 1 saturated carbocycles. The topological polar surface area (TPSA) is 104 Å². The normalized spacial score (nSPS) is 12.9. The van der Waals surface area contributed by atoms with Crippen molar-refractivity contribution < 1.29 is 14.3 Å². The number of benzene rings is 1. The van der Waals surface area contributed by atoms with Gasteiger partial charge in [0, 0.05) is 42.5 Å². The van der Waals surface area contributed by atoms with E-state index in [0.29, 0.717) is 41.7 Å². The summed E-state index contributed by atoms with van der Waals surface area (Å²) in [5, 5.41) is 7.51. The first kappa shape index (κ1) is 22.5. The van der Waals surface area contributed by atoms with Gasteiger partial charge in [-0.25, -0.2) is 14.6 Å². The third-order valence-electron chi connectivity index (χ3n) is 5.92. The summed E-state index contributed by atoms with van der Waals surface area (Å²) in [4.78, 5) is 26.5. The molecule has 1 aliphatic rings. The van der Waals surface area contributed by atoms with Crippen LogP contribution >= 0.6 is 0 Å². The highest BCUT2D eigenvalue weighted by Gasteiger charge is 2.33. The lowest BCUT2D eigenvalue weighted by molar-refractivity contribution is 0.0953. The summed E-state index contributed by atoms with van der Waals surface area (Å²) in [6.45, 7) is 0.493. The largest absolute Gasteiger partial charge is 0.497 e. The summed E-state index contributed by atoms with van der Waals surface area (Å²) in [6.07, 6.45) is 7.70. The van der Waals surface area contributed by atoms with Crippen molar-refractivity contribution in [1.82, 2.24) is 30.0 Å². The summed E-state index contributed by atoms with van der Waals surface area (Å²) < 4.78 is 12.6. The molecule has 1 fully saturated rings. The fourth-order valence-electron chi connectivity index (χ4n) is 4.00. The van der Waals surface area contributed by atoms with Gasteiger partial charge in [-0.15, -0.1) is 0 Å². The molecule has 5 rings (SSSR count). The van der Waals surface area contributed by atoms with Gasteiger partial charge in [-0.1, -0.05) is 6.07 Å². The van der Waals surface area contributed by atoms with Gasteiger partial charge in [-0.2, -0.15) is 5.10 Å². The maximum atomic E-state index is 13.0. The Morgan fingerprint density at radius 1 is 1.09 bits per heavy atom. The molecule has 0 bridgehead atoms. The minimum absolute atomic E-state index is 0.153. The fourth-order valence-corrected chi connectivity index (χ4v) is 4.00. The van der Waals surface area contributed by atoms with Crippen molar-refractivity contribution in [1.29, 1.82) is 0 Å². The van der Waals surface area contributed by atoms with Crippen LogP contribution in [0.1, 0.15) is 40.5 Å². The Morgan fingerprint density at radius 3 is 2.71 bits per heavy atom. The van der Waals surface area contributed by atoms with Crippen LogP contribution in [0.4, 0.5) is 0 Å². The van der Waals surface area contributed by atoms with Gasteiger partial charge in [0.05, 0.1) is 37.4 Å². The van der Waals surface area contributed by atoms with Crippen LogP contribution in [0.2, 0.25) is 0 Å². The molecule has 178 valence electrons. The van der Waals surface area contributed by atoms with Gasteiger partial charge in [0.15, 0.2) is 0 Å². The maximum absolute atomic E-state index is 13.0. The van der Waals surface area contributed by atoms with Gasteiger partial charge >= 0.3 is 0 Å². The third-order valence-corrected chi connectivity index (χ3v) is 5.92. The molecular formula is C26H26N6O3. The van der Waals surface area contributed by atoms with Gasteiger partial charge < -0.3 is 14.8 Å². The zero-order chi connectivity index (χ0) is 24.2. The minimum atomic E-state index is -0.153. The second-order valence-electron chi connectivity index (χ2n) is 8.26. The van der Waals surface area contributed by atoms with E-state index in [1.54, 1.807) is 37.5 Å². The predicted molar refractivity (Wildman–Crippen MR) is 130 cm³/mol. The highest BCUT2D eigenvalue weighted by Crippen LogP contribution is 2.42. The van der Waals surface area contributed by atoms with E-state index in [2.05, 4.69) is 20.4 Å². The van der Waals surface area contributed by atoms with Crippen molar-refractivity contribution in [3.63, 3.8) is 0 Å². The van der Waals surface area contributed by atoms with Gasteiger partial charge in [-0.3, -0.25) is 9.78 Å². The lowest BCUT2D eigenvalue weighted by atomic mass is 10.1. The molecule has 9 nitrogen and oxygen atoms in total. The molecule has 9 heteroatoms. The number of hydrogen-bond donors (Lipinski definition) is 1. The smallest absolute Gasteiger partial charge is 0.254 e. The number of ether oxygens (including phenoxy) is 2. The van der Waals surface area contributed by atoms with Crippen molar-refractivity contribution in [2.75, 3.05) is 20.8 Å². The van der Waals surface area contributed by atoms with Crippen LogP contribution in [0.3, 0.4) is 0 Å². The number of nitrogens with one attached hydrogen (secondary N) is 1. The van der Waals surface area contributed by atoms with Crippen LogP contribution in [0, 0.1) is 0 Å². The predicted octanol–water partition coefficient (Wildman–Crippen LogP) is 3.59. The Morgan fingerprint density at radius 2 is 1.97 bits per heavy atom. The summed E-state index contributed by atoms with van der Waals surface area (Å²) in [5.41, 5.74) is 3.79. The molecule has 3 aromatic heterocycles. The Kier molecular flexibility index (Phi) is 6.38. The number of methoxy groups -OCH3 is 2. The van der Waals surface area contributed by atoms with Gasteiger partial charge in [-0.05, 0) is 49.2 Å². The zero-order valence-electron chi connectivity index (χ0n) is 19.6. The number of carbonyl (C=O) groups is 1. The Balaban J connectivity index is 1.42. The van der Waals surface area contributed by atoms with E-state index in [1.807, 2.05) is 42.5 Å². The third kappa shape index (κ3) is 4.84. The first-order valence-electron chi connectivity index (χ1n) is 11.5. The summed E-state index contributed by atoms with van der Waals surface area (Å²) in [5.74, 6) is 1.88. The number of nitrogens with zero attached hydrogens (tertiary/aromatic N) is 5. The molecule has 3 heterocycles. The van der Waals surface area contributed by atoms with Gasteiger partial charge in [0.25, 0.3) is 11.9 Å². The second-order valence-corrected chi connectivity index (χ2v) is 8.26. The van der Waals surface area contributed by atoms with E-state index >= 15 is 0 Å². The number of amides is 1. The average molecular weight is 471 g/mol. The van der Waals surface area contributed by atoms with Gasteiger partial charge in [0.2, 0.25) is 0 Å². The first-order chi connectivity index (χ1) is 17.2. The van der Waals surface area contributed by atoms with Crippen molar-refractivity contribution in [3.8, 4) is 28.7 Å². The van der Waals surface area contributed by atoms with Gasteiger partial charge in [0.1, 0.15) is 11.5 Å². The number of rotatable bonds is 9. The second kappa shape index (κ2) is 9.92. The van der Waals surface area contributed by atoms with Crippen LogP contribution < -0.4 is 14.8 Å². The lowest BCUT2D eigenvalue weighted by Crippen LogP contribution is -2.26. The molecule has 0 radical (unpaired) electrons. The van der Waals surface area contributed by atoms with Crippen molar-refractivity contribution in [2.24, 2.45) is 0 Å². The highest BCUT2D eigenvalue weighted by atomic mass is 16.5. The molecule has 1 aliphatic carbocycles. The minimum Gasteiger partial charge on any atom is -0.497 e. The SMILES string of the molecule is COc1ccc(OC)c(-c2ccnc(-n3ncc(C(=O)NCCc4ccccn4)c3C3CC3)n2)c1. The van der Waals surface area contributed by atoms with Crippen LogP contribution in [-0.4, -0.2) is 51.4 Å².